The van der Waals surface area contributed by atoms with Crippen LogP contribution in [-0.2, 0) is 6.54 Å². The molecule has 0 aliphatic carbocycles. The third-order valence-corrected chi connectivity index (χ3v) is 2.75. The lowest BCUT2D eigenvalue weighted by Gasteiger charge is -2.08. The minimum Gasteiger partial charge on any atom is -0.505 e. The number of phenols is 1. The fraction of sp³-hybridized carbons (Fsp3) is 0.0833. The van der Waals surface area contributed by atoms with E-state index in [9.17, 15) is 9.50 Å². The molecule has 0 saturated carbocycles. The van der Waals surface area contributed by atoms with Crippen molar-refractivity contribution in [3.63, 3.8) is 0 Å². The highest BCUT2D eigenvalue weighted by Gasteiger charge is 2.05. The van der Waals surface area contributed by atoms with E-state index in [4.69, 9.17) is 0 Å². The van der Waals surface area contributed by atoms with Gasteiger partial charge in [-0.3, -0.25) is 0 Å². The largest absolute Gasteiger partial charge is 0.505 e. The van der Waals surface area contributed by atoms with E-state index in [-0.39, 0.29) is 5.75 Å². The van der Waals surface area contributed by atoms with Gasteiger partial charge in [0, 0.05) is 12.1 Å². The highest BCUT2D eigenvalue weighted by atomic mass is 79.9. The molecule has 17 heavy (non-hydrogen) atoms. The first-order valence-electron chi connectivity index (χ1n) is 4.98. The number of phenolic OH excluding ortho intramolecular Hbond substituents is 1. The molecule has 0 atom stereocenters. The lowest BCUT2D eigenvalue weighted by Crippen LogP contribution is -2.00. The van der Waals surface area contributed by atoms with Crippen LogP contribution >= 0.6 is 15.9 Å². The predicted molar refractivity (Wildman–Crippen MR) is 67.3 cm³/mol. The second kappa shape index (κ2) is 5.14. The first-order chi connectivity index (χ1) is 8.16. The minimum absolute atomic E-state index is 0.315. The number of benzene rings is 1. The first-order valence-corrected chi connectivity index (χ1v) is 5.78. The maximum absolute atomic E-state index is 13.1. The molecule has 2 aromatic rings. The summed E-state index contributed by atoms with van der Waals surface area (Å²) in [5.74, 6) is -0.927. The molecular formula is C12H10BrFN2O. The van der Waals surface area contributed by atoms with Gasteiger partial charge in [-0.25, -0.2) is 9.37 Å². The monoisotopic (exact) mass is 296 g/mol. The quantitative estimate of drug-likeness (QED) is 0.854. The van der Waals surface area contributed by atoms with E-state index in [1.54, 1.807) is 24.4 Å². The van der Waals surface area contributed by atoms with Crippen molar-refractivity contribution in [1.29, 1.82) is 0 Å². The number of aromatic nitrogens is 1. The number of aromatic hydroxyl groups is 1. The SMILES string of the molecule is Oc1c(F)cccc1CNc1ccc(Br)nc1. The zero-order chi connectivity index (χ0) is 12.3. The summed E-state index contributed by atoms with van der Waals surface area (Å²) in [5, 5.41) is 12.5. The van der Waals surface area contributed by atoms with Gasteiger partial charge >= 0.3 is 0 Å². The third kappa shape index (κ3) is 2.94. The number of hydrogen-bond donors (Lipinski definition) is 2. The molecule has 88 valence electrons. The molecule has 0 spiro atoms. The Balaban J connectivity index is 2.07. The molecule has 3 nitrogen and oxygen atoms in total. The van der Waals surface area contributed by atoms with Gasteiger partial charge in [-0.05, 0) is 34.1 Å². The Morgan fingerprint density at radius 2 is 2.12 bits per heavy atom. The van der Waals surface area contributed by atoms with Crippen LogP contribution in [0.3, 0.4) is 0 Å². The topological polar surface area (TPSA) is 45.1 Å². The van der Waals surface area contributed by atoms with E-state index in [2.05, 4.69) is 26.2 Å². The van der Waals surface area contributed by atoms with Crippen LogP contribution < -0.4 is 5.32 Å². The molecule has 0 unspecified atom stereocenters. The molecule has 2 N–H and O–H groups in total. The summed E-state index contributed by atoms with van der Waals surface area (Å²) < 4.78 is 13.8. The molecule has 0 radical (unpaired) electrons. The van der Waals surface area contributed by atoms with Crippen molar-refractivity contribution in [2.45, 2.75) is 6.54 Å². The third-order valence-electron chi connectivity index (χ3n) is 2.28. The molecular weight excluding hydrogens is 287 g/mol. The smallest absolute Gasteiger partial charge is 0.165 e. The van der Waals surface area contributed by atoms with Crippen LogP contribution in [0.25, 0.3) is 0 Å². The number of nitrogens with one attached hydrogen (secondary N) is 1. The summed E-state index contributed by atoms with van der Waals surface area (Å²) >= 11 is 3.23. The van der Waals surface area contributed by atoms with Crippen molar-refractivity contribution < 1.29 is 9.50 Å². The highest BCUT2D eigenvalue weighted by Crippen LogP contribution is 2.21. The number of halogens is 2. The highest BCUT2D eigenvalue weighted by molar-refractivity contribution is 9.10. The Labute approximate surface area is 106 Å². The van der Waals surface area contributed by atoms with E-state index in [1.165, 1.54) is 6.07 Å². The fourth-order valence-electron chi connectivity index (χ4n) is 1.38. The van der Waals surface area contributed by atoms with E-state index in [0.29, 0.717) is 12.1 Å². The van der Waals surface area contributed by atoms with Crippen LogP contribution in [0.5, 0.6) is 5.75 Å². The van der Waals surface area contributed by atoms with Crippen LogP contribution in [-0.4, -0.2) is 10.1 Å². The molecule has 1 aromatic carbocycles. The molecule has 5 heteroatoms. The standard InChI is InChI=1S/C12H10BrFN2O/c13-11-5-4-9(7-16-11)15-6-8-2-1-3-10(14)12(8)17/h1-5,7,15,17H,6H2. The first kappa shape index (κ1) is 11.9. The summed E-state index contributed by atoms with van der Waals surface area (Å²) in [6.45, 7) is 0.340. The van der Waals surface area contributed by atoms with Gasteiger partial charge in [0.15, 0.2) is 11.6 Å². The zero-order valence-electron chi connectivity index (χ0n) is 8.82. The molecule has 2 rings (SSSR count). The average molecular weight is 297 g/mol. The molecule has 0 aliphatic heterocycles. The molecule has 0 saturated heterocycles. The van der Waals surface area contributed by atoms with E-state index < -0.39 is 5.82 Å². The van der Waals surface area contributed by atoms with Gasteiger partial charge in [0.1, 0.15) is 4.60 Å². The number of rotatable bonds is 3. The molecule has 1 aromatic heterocycles. The van der Waals surface area contributed by atoms with Crippen LogP contribution in [0.15, 0.2) is 41.1 Å². The van der Waals surface area contributed by atoms with Crippen LogP contribution in [0, 0.1) is 5.82 Å². The van der Waals surface area contributed by atoms with Gasteiger partial charge in [-0.2, -0.15) is 0 Å². The van der Waals surface area contributed by atoms with Crippen molar-refractivity contribution >= 4 is 21.6 Å². The molecule has 1 heterocycles. The van der Waals surface area contributed by atoms with Gasteiger partial charge in [-0.1, -0.05) is 12.1 Å². The van der Waals surface area contributed by atoms with Crippen molar-refractivity contribution in [3.8, 4) is 5.75 Å². The van der Waals surface area contributed by atoms with Crippen molar-refractivity contribution in [3.05, 3.63) is 52.5 Å². The fourth-order valence-corrected chi connectivity index (χ4v) is 1.61. The number of para-hydroxylation sites is 1. The Morgan fingerprint density at radius 3 is 2.82 bits per heavy atom. The van der Waals surface area contributed by atoms with E-state index in [0.717, 1.165) is 10.3 Å². The van der Waals surface area contributed by atoms with Gasteiger partial charge in [0.2, 0.25) is 0 Å². The number of nitrogens with zero attached hydrogens (tertiary/aromatic N) is 1. The van der Waals surface area contributed by atoms with Gasteiger partial charge in [-0.15, -0.1) is 0 Å². The Morgan fingerprint density at radius 1 is 1.29 bits per heavy atom. The minimum atomic E-state index is -0.613. The maximum atomic E-state index is 13.1. The van der Waals surface area contributed by atoms with Crippen LogP contribution in [0.4, 0.5) is 10.1 Å². The Hall–Kier alpha value is -1.62. The van der Waals surface area contributed by atoms with Crippen LogP contribution in [0.2, 0.25) is 0 Å². The number of hydrogen-bond acceptors (Lipinski definition) is 3. The second-order valence-electron chi connectivity index (χ2n) is 3.47. The second-order valence-corrected chi connectivity index (χ2v) is 4.28. The summed E-state index contributed by atoms with van der Waals surface area (Å²) in [6.07, 6.45) is 1.65. The lowest BCUT2D eigenvalue weighted by molar-refractivity contribution is 0.427. The number of anilines is 1. The Bertz CT molecular complexity index is 516. The molecule has 0 bridgehead atoms. The van der Waals surface area contributed by atoms with Crippen molar-refractivity contribution in [1.82, 2.24) is 4.98 Å². The summed E-state index contributed by atoms with van der Waals surface area (Å²) in [7, 11) is 0. The van der Waals surface area contributed by atoms with E-state index >= 15 is 0 Å². The van der Waals surface area contributed by atoms with Crippen LogP contribution in [0.1, 0.15) is 5.56 Å². The summed E-state index contributed by atoms with van der Waals surface area (Å²) in [5.41, 5.74) is 1.31. The van der Waals surface area contributed by atoms with Gasteiger partial charge in [0.25, 0.3) is 0 Å². The van der Waals surface area contributed by atoms with Crippen molar-refractivity contribution in [2.24, 2.45) is 0 Å². The maximum Gasteiger partial charge on any atom is 0.165 e. The average Bonchev–Trinajstić information content (AvgIpc) is 2.33. The Kier molecular flexibility index (Phi) is 3.58. The summed E-state index contributed by atoms with van der Waals surface area (Å²) in [6, 6.07) is 8.09. The molecule has 0 fully saturated rings. The summed E-state index contributed by atoms with van der Waals surface area (Å²) in [4.78, 5) is 4.05. The molecule has 0 amide bonds. The molecule has 0 aliphatic rings. The predicted octanol–water partition coefficient (Wildman–Crippen LogP) is 3.30. The number of pyridine rings is 1. The lowest BCUT2D eigenvalue weighted by atomic mass is 10.2. The van der Waals surface area contributed by atoms with Crippen molar-refractivity contribution in [2.75, 3.05) is 5.32 Å². The van der Waals surface area contributed by atoms with Gasteiger partial charge in [0.05, 0.1) is 11.9 Å². The van der Waals surface area contributed by atoms with E-state index in [1.807, 2.05) is 6.07 Å². The zero-order valence-corrected chi connectivity index (χ0v) is 10.4. The normalized spacial score (nSPS) is 10.2. The van der Waals surface area contributed by atoms with Gasteiger partial charge < -0.3 is 10.4 Å².